The summed E-state index contributed by atoms with van der Waals surface area (Å²) in [6.45, 7) is 6.69. The first kappa shape index (κ1) is 20.9. The molecule has 1 aliphatic rings. The number of nitrogens with zero attached hydrogens (tertiary/aromatic N) is 5. The lowest BCUT2D eigenvalue weighted by Gasteiger charge is -2.26. The molecule has 32 heavy (non-hydrogen) atoms. The van der Waals surface area contributed by atoms with E-state index in [2.05, 4.69) is 37.0 Å². The van der Waals surface area contributed by atoms with Gasteiger partial charge in [-0.3, -0.25) is 4.40 Å². The summed E-state index contributed by atoms with van der Waals surface area (Å²) in [5.74, 6) is 1.55. The van der Waals surface area contributed by atoms with E-state index in [0.717, 1.165) is 16.5 Å². The molecule has 0 saturated heterocycles. The van der Waals surface area contributed by atoms with Gasteiger partial charge in [-0.15, -0.1) is 10.2 Å². The van der Waals surface area contributed by atoms with Crippen LogP contribution in [0.4, 0.5) is 15.9 Å². The minimum Gasteiger partial charge on any atom is -0.329 e. The van der Waals surface area contributed by atoms with Crippen molar-refractivity contribution in [3.63, 3.8) is 0 Å². The first-order valence-electron chi connectivity index (χ1n) is 10.8. The Morgan fingerprint density at radius 2 is 2.00 bits per heavy atom. The monoisotopic (exact) mass is 449 g/mol. The molecule has 1 aliphatic carbocycles. The van der Waals surface area contributed by atoms with E-state index in [1.807, 2.05) is 36.2 Å². The first-order valence-corrected chi connectivity index (χ1v) is 11.1. The fraction of sp³-hybridized carbons (Fsp3) is 0.320. The zero-order chi connectivity index (χ0) is 22.6. The maximum atomic E-state index is 14.7. The molecule has 5 rings (SSSR count). The Morgan fingerprint density at radius 3 is 2.75 bits per heavy atom. The topological polar surface area (TPSA) is 46.3 Å². The lowest BCUT2D eigenvalue weighted by molar-refractivity contribution is 0.384. The molecule has 7 heteroatoms. The molecule has 0 spiro atoms. The number of hydrogen-bond donors (Lipinski definition) is 0. The van der Waals surface area contributed by atoms with Crippen molar-refractivity contribution in [2.24, 2.45) is 11.3 Å². The van der Waals surface area contributed by atoms with E-state index in [4.69, 9.17) is 16.6 Å². The molecule has 4 aromatic rings. The predicted molar refractivity (Wildman–Crippen MR) is 128 cm³/mol. The predicted octanol–water partition coefficient (Wildman–Crippen LogP) is 6.68. The molecule has 5 nitrogen and oxygen atoms in total. The molecule has 164 valence electrons. The average Bonchev–Trinajstić information content (AvgIpc) is 3.50. The zero-order valence-corrected chi connectivity index (χ0v) is 19.4. The summed E-state index contributed by atoms with van der Waals surface area (Å²) in [6, 6.07) is 10.7. The maximum Gasteiger partial charge on any atom is 0.257 e. The molecule has 0 unspecified atom stereocenters. The van der Waals surface area contributed by atoms with Crippen LogP contribution in [0.3, 0.4) is 0 Å². The maximum absolute atomic E-state index is 14.7. The van der Waals surface area contributed by atoms with Gasteiger partial charge in [0.05, 0.1) is 5.52 Å². The van der Waals surface area contributed by atoms with Gasteiger partial charge in [-0.05, 0) is 73.1 Å². The van der Waals surface area contributed by atoms with Crippen LogP contribution in [0.15, 0.2) is 48.3 Å². The molecule has 2 heterocycles. The minimum atomic E-state index is -0.284. The molecule has 1 fully saturated rings. The SMILES string of the molecule is C/C(=C\c1cc(F)cc(N(C)c2nc3nncn3c3cc(Cl)ccc23)c1)C(C)(C)C1CC1. The summed E-state index contributed by atoms with van der Waals surface area (Å²) in [4.78, 5) is 6.58. The van der Waals surface area contributed by atoms with E-state index in [1.165, 1.54) is 24.5 Å². The third-order valence-corrected chi connectivity index (χ3v) is 7.04. The first-order chi connectivity index (χ1) is 15.2. The molecular weight excluding hydrogens is 425 g/mol. The number of allylic oxidation sites excluding steroid dienone is 1. The van der Waals surface area contributed by atoms with Crippen LogP contribution in [0.25, 0.3) is 22.8 Å². The number of hydrogen-bond acceptors (Lipinski definition) is 4. The fourth-order valence-corrected chi connectivity index (χ4v) is 4.50. The van der Waals surface area contributed by atoms with Gasteiger partial charge in [0.25, 0.3) is 5.78 Å². The van der Waals surface area contributed by atoms with Crippen molar-refractivity contribution in [3.8, 4) is 0 Å². The minimum absolute atomic E-state index is 0.119. The van der Waals surface area contributed by atoms with Crippen molar-refractivity contribution in [2.75, 3.05) is 11.9 Å². The smallest absolute Gasteiger partial charge is 0.257 e. The van der Waals surface area contributed by atoms with E-state index >= 15 is 0 Å². The van der Waals surface area contributed by atoms with E-state index in [0.29, 0.717) is 28.2 Å². The Bertz CT molecular complexity index is 1370. The largest absolute Gasteiger partial charge is 0.329 e. The fourth-order valence-electron chi connectivity index (χ4n) is 4.34. The van der Waals surface area contributed by atoms with Crippen molar-refractivity contribution in [2.45, 2.75) is 33.6 Å². The Hall–Kier alpha value is -2.99. The lowest BCUT2D eigenvalue weighted by atomic mass is 9.79. The van der Waals surface area contributed by atoms with Crippen molar-refractivity contribution >= 4 is 45.9 Å². The molecule has 1 saturated carbocycles. The molecular formula is C25H25ClFN5. The Labute approximate surface area is 191 Å². The van der Waals surface area contributed by atoms with Gasteiger partial charge in [-0.1, -0.05) is 37.1 Å². The number of fused-ring (bicyclic) bond motifs is 3. The van der Waals surface area contributed by atoms with Crippen LogP contribution in [0, 0.1) is 17.2 Å². The Balaban J connectivity index is 1.60. The van der Waals surface area contributed by atoms with Gasteiger partial charge >= 0.3 is 0 Å². The Morgan fingerprint density at radius 1 is 1.22 bits per heavy atom. The molecule has 0 amide bonds. The molecule has 0 radical (unpaired) electrons. The third-order valence-electron chi connectivity index (χ3n) is 6.80. The van der Waals surface area contributed by atoms with Crippen LogP contribution >= 0.6 is 11.6 Å². The molecule has 0 aliphatic heterocycles. The summed E-state index contributed by atoms with van der Waals surface area (Å²) >= 11 is 6.24. The summed E-state index contributed by atoms with van der Waals surface area (Å²) in [6.07, 6.45) is 6.25. The van der Waals surface area contributed by atoms with E-state index in [1.54, 1.807) is 16.8 Å². The third kappa shape index (κ3) is 3.62. The normalized spacial score (nSPS) is 15.0. The number of benzene rings is 2. The second-order valence-corrected chi connectivity index (χ2v) is 9.66. The van der Waals surface area contributed by atoms with Crippen molar-refractivity contribution in [1.29, 1.82) is 0 Å². The second-order valence-electron chi connectivity index (χ2n) is 9.22. The quantitative estimate of drug-likeness (QED) is 0.341. The van der Waals surface area contributed by atoms with Crippen LogP contribution < -0.4 is 4.90 Å². The summed E-state index contributed by atoms with van der Waals surface area (Å²) in [7, 11) is 1.88. The van der Waals surface area contributed by atoms with E-state index < -0.39 is 0 Å². The average molecular weight is 450 g/mol. The van der Waals surface area contributed by atoms with E-state index in [-0.39, 0.29) is 11.2 Å². The molecule has 0 bridgehead atoms. The molecule has 2 aromatic heterocycles. The van der Waals surface area contributed by atoms with Crippen molar-refractivity contribution < 1.29 is 4.39 Å². The van der Waals surface area contributed by atoms with Gasteiger partial charge in [-0.2, -0.15) is 4.98 Å². The van der Waals surface area contributed by atoms with Crippen LogP contribution in [0.1, 0.15) is 39.2 Å². The summed E-state index contributed by atoms with van der Waals surface area (Å²) in [5, 5.41) is 9.57. The van der Waals surface area contributed by atoms with Crippen LogP contribution in [0.5, 0.6) is 0 Å². The van der Waals surface area contributed by atoms with Gasteiger partial charge in [0, 0.05) is 23.1 Å². The number of halogens is 2. The van der Waals surface area contributed by atoms with Gasteiger partial charge < -0.3 is 4.90 Å². The highest BCUT2D eigenvalue weighted by Gasteiger charge is 2.38. The van der Waals surface area contributed by atoms with Gasteiger partial charge in [-0.25, -0.2) is 4.39 Å². The lowest BCUT2D eigenvalue weighted by Crippen LogP contribution is -2.15. The number of anilines is 2. The summed E-state index contributed by atoms with van der Waals surface area (Å²) < 4.78 is 16.5. The van der Waals surface area contributed by atoms with Gasteiger partial charge in [0.15, 0.2) is 0 Å². The zero-order valence-electron chi connectivity index (χ0n) is 18.6. The molecule has 0 N–H and O–H groups in total. The number of rotatable bonds is 5. The van der Waals surface area contributed by atoms with Crippen LogP contribution in [-0.4, -0.2) is 26.6 Å². The van der Waals surface area contributed by atoms with Gasteiger partial charge in [0.2, 0.25) is 0 Å². The van der Waals surface area contributed by atoms with Crippen LogP contribution in [0.2, 0.25) is 5.02 Å². The standard InChI is InChI=1S/C25H25ClFN5/c1-15(25(2,3)17-5-6-17)9-16-10-19(27)13-20(11-16)31(4)23-21-8-7-18(26)12-22(21)32-14-28-30-24(32)29-23/h7-14,17H,5-6H2,1-4H3/b15-9+. The van der Waals surface area contributed by atoms with Crippen molar-refractivity contribution in [1.82, 2.24) is 19.6 Å². The Kier molecular flexibility index (Phi) is 4.93. The highest BCUT2D eigenvalue weighted by atomic mass is 35.5. The highest BCUT2D eigenvalue weighted by molar-refractivity contribution is 6.31. The molecule has 2 aromatic carbocycles. The van der Waals surface area contributed by atoms with Crippen LogP contribution in [-0.2, 0) is 0 Å². The molecule has 0 atom stereocenters. The van der Waals surface area contributed by atoms with Gasteiger partial charge in [0.1, 0.15) is 18.0 Å². The van der Waals surface area contributed by atoms with E-state index in [9.17, 15) is 4.39 Å². The second kappa shape index (κ2) is 7.55. The van der Waals surface area contributed by atoms with Crippen molar-refractivity contribution in [3.05, 3.63) is 64.7 Å². The number of aromatic nitrogens is 4. The summed E-state index contributed by atoms with van der Waals surface area (Å²) in [5.41, 5.74) is 3.78. The highest BCUT2D eigenvalue weighted by Crippen LogP contribution is 2.49.